The van der Waals surface area contributed by atoms with Gasteiger partial charge in [-0.05, 0) is 97.9 Å². The zero-order valence-corrected chi connectivity index (χ0v) is 20.6. The monoisotopic (exact) mass is 723 g/mol. The molecule has 0 aliphatic carbocycles. The smallest absolute Gasteiger partial charge is 0.302 e. The molecule has 6 nitrogen and oxygen atoms in total. The first-order valence-corrected chi connectivity index (χ1v) is 10.7. The largest absolute Gasteiger partial charge is 0.460 e. The van der Waals surface area contributed by atoms with Crippen molar-refractivity contribution in [3.63, 3.8) is 0 Å². The quantitative estimate of drug-likeness (QED) is 0.204. The van der Waals surface area contributed by atoms with Gasteiger partial charge in [0.1, 0.15) is 12.2 Å². The molecule has 1 aromatic rings. The van der Waals surface area contributed by atoms with E-state index in [4.69, 9.17) is 32.7 Å². The third-order valence-corrected chi connectivity index (χ3v) is 6.95. The SMILES string of the molecule is CC(=O)O[C@@H](C)C1OC1Nc1c(I)c(C(=O)Cl)c(I)c(C(=O)Cl)c1I. The van der Waals surface area contributed by atoms with Crippen LogP contribution in [0.3, 0.4) is 0 Å². The summed E-state index contributed by atoms with van der Waals surface area (Å²) in [7, 11) is 0. The van der Waals surface area contributed by atoms with Crippen LogP contribution in [0.2, 0.25) is 0 Å². The highest BCUT2D eigenvalue weighted by molar-refractivity contribution is 14.1. The van der Waals surface area contributed by atoms with Crippen LogP contribution in [0.4, 0.5) is 5.69 Å². The molecule has 2 rings (SSSR count). The Balaban J connectivity index is 2.37. The fourth-order valence-electron chi connectivity index (χ4n) is 2.20. The van der Waals surface area contributed by atoms with Crippen molar-refractivity contribution >= 4 is 113 Å². The Kier molecular flexibility index (Phi) is 7.62. The van der Waals surface area contributed by atoms with E-state index in [0.717, 1.165) is 0 Å². The van der Waals surface area contributed by atoms with Crippen LogP contribution in [0.15, 0.2) is 0 Å². The lowest BCUT2D eigenvalue weighted by molar-refractivity contribution is -0.146. The number of carbonyl (C=O) groups excluding carboxylic acids is 3. The molecule has 0 radical (unpaired) electrons. The molecule has 1 aliphatic rings. The molecule has 0 amide bonds. The molecule has 1 heterocycles. The molecule has 0 saturated carbocycles. The van der Waals surface area contributed by atoms with Crippen LogP contribution in [0.25, 0.3) is 0 Å². The van der Waals surface area contributed by atoms with Gasteiger partial charge in [-0.3, -0.25) is 14.4 Å². The van der Waals surface area contributed by atoms with E-state index in [2.05, 4.69) is 5.32 Å². The van der Waals surface area contributed by atoms with Crippen LogP contribution in [0, 0.1) is 10.7 Å². The van der Waals surface area contributed by atoms with Crippen molar-refractivity contribution in [2.45, 2.75) is 32.3 Å². The Hall–Kier alpha value is 0.560. The number of nitrogens with one attached hydrogen (secondary N) is 1. The lowest BCUT2D eigenvalue weighted by Gasteiger charge is -2.17. The third-order valence-electron chi connectivity index (χ3n) is 3.34. The Morgan fingerprint density at radius 2 is 1.56 bits per heavy atom. The standard InChI is InChI=1S/C14H10Cl2I3NO5/c1-3(24-4(2)21)11-14(25-11)20-10-8(18)5(12(15)22)7(17)6(9(10)19)13(16)23/h3,11,14,20H,1-2H3/t3-,11?,14?/m0/s1. The van der Waals surface area contributed by atoms with Gasteiger partial charge in [0.25, 0.3) is 10.5 Å². The van der Waals surface area contributed by atoms with Gasteiger partial charge in [0.15, 0.2) is 6.23 Å². The van der Waals surface area contributed by atoms with Crippen LogP contribution >= 0.6 is 91.0 Å². The second kappa shape index (κ2) is 8.71. The first-order valence-electron chi connectivity index (χ1n) is 6.75. The van der Waals surface area contributed by atoms with E-state index < -0.39 is 28.8 Å². The number of halogens is 5. The zero-order valence-electron chi connectivity index (χ0n) is 12.7. The first kappa shape index (κ1) is 21.9. The average Bonchev–Trinajstić information content (AvgIpc) is 3.21. The minimum atomic E-state index is -0.686. The van der Waals surface area contributed by atoms with Crippen molar-refractivity contribution in [3.05, 3.63) is 21.8 Å². The van der Waals surface area contributed by atoms with Crippen molar-refractivity contribution in [3.8, 4) is 0 Å². The summed E-state index contributed by atoms with van der Waals surface area (Å²) in [5.74, 6) is -0.398. The predicted molar refractivity (Wildman–Crippen MR) is 118 cm³/mol. The highest BCUT2D eigenvalue weighted by Gasteiger charge is 2.46. The van der Waals surface area contributed by atoms with E-state index in [-0.39, 0.29) is 17.2 Å². The topological polar surface area (TPSA) is 85.0 Å². The van der Waals surface area contributed by atoms with Crippen LogP contribution in [-0.4, -0.2) is 34.9 Å². The van der Waals surface area contributed by atoms with E-state index in [1.165, 1.54) is 6.92 Å². The zero-order chi connectivity index (χ0) is 19.0. The second-order valence-electron chi connectivity index (χ2n) is 5.09. The van der Waals surface area contributed by atoms with Crippen molar-refractivity contribution in [1.82, 2.24) is 0 Å². The summed E-state index contributed by atoms with van der Waals surface area (Å²) < 4.78 is 12.1. The number of benzene rings is 1. The van der Waals surface area contributed by atoms with E-state index in [9.17, 15) is 14.4 Å². The minimum absolute atomic E-state index is 0.208. The van der Waals surface area contributed by atoms with Crippen molar-refractivity contribution in [2.24, 2.45) is 0 Å². The van der Waals surface area contributed by atoms with Crippen molar-refractivity contribution < 1.29 is 23.9 Å². The molecular formula is C14H10Cl2I3NO5. The van der Waals surface area contributed by atoms with Gasteiger partial charge in [-0.15, -0.1) is 0 Å². The molecule has 0 spiro atoms. The number of hydrogen-bond donors (Lipinski definition) is 1. The van der Waals surface area contributed by atoms with E-state index in [0.29, 0.717) is 16.4 Å². The molecule has 25 heavy (non-hydrogen) atoms. The Bertz CT molecular complexity index is 732. The number of rotatable bonds is 6. The van der Waals surface area contributed by atoms with E-state index in [1.807, 2.05) is 67.8 Å². The molecule has 0 bridgehead atoms. The molecule has 1 fully saturated rings. The molecule has 3 atom stereocenters. The summed E-state index contributed by atoms with van der Waals surface area (Å²) in [5.41, 5.74) is 0.942. The molecular weight excluding hydrogens is 714 g/mol. The van der Waals surface area contributed by atoms with Gasteiger partial charge in [-0.2, -0.15) is 0 Å². The summed E-state index contributed by atoms with van der Waals surface area (Å²) in [6, 6.07) is 0. The van der Waals surface area contributed by atoms with Crippen molar-refractivity contribution in [1.29, 1.82) is 0 Å². The van der Waals surface area contributed by atoms with Crippen LogP contribution < -0.4 is 5.32 Å². The van der Waals surface area contributed by atoms with E-state index >= 15 is 0 Å². The van der Waals surface area contributed by atoms with Gasteiger partial charge >= 0.3 is 5.97 Å². The summed E-state index contributed by atoms with van der Waals surface area (Å²) in [5, 5.41) is 1.75. The molecule has 136 valence electrons. The highest BCUT2D eigenvalue weighted by Crippen LogP contribution is 2.39. The maximum absolute atomic E-state index is 11.8. The predicted octanol–water partition coefficient (Wildman–Crippen LogP) is 4.35. The van der Waals surface area contributed by atoms with E-state index in [1.54, 1.807) is 6.92 Å². The van der Waals surface area contributed by atoms with Gasteiger partial charge in [0, 0.05) is 10.5 Å². The maximum atomic E-state index is 11.8. The number of esters is 1. The van der Waals surface area contributed by atoms with Crippen LogP contribution in [-0.2, 0) is 14.3 Å². The van der Waals surface area contributed by atoms with Gasteiger partial charge in [0.05, 0.1) is 24.0 Å². The number of carbonyl (C=O) groups is 3. The molecule has 1 N–H and O–H groups in total. The van der Waals surface area contributed by atoms with Crippen molar-refractivity contribution in [2.75, 3.05) is 5.32 Å². The Morgan fingerprint density at radius 1 is 1.08 bits per heavy atom. The number of ether oxygens (including phenoxy) is 2. The molecule has 1 aromatic carbocycles. The number of anilines is 1. The lowest BCUT2D eigenvalue weighted by Crippen LogP contribution is -2.23. The third kappa shape index (κ3) is 4.89. The molecule has 1 saturated heterocycles. The molecule has 0 aromatic heterocycles. The van der Waals surface area contributed by atoms with Crippen LogP contribution in [0.5, 0.6) is 0 Å². The molecule has 2 unspecified atom stereocenters. The highest BCUT2D eigenvalue weighted by atomic mass is 127. The summed E-state index contributed by atoms with van der Waals surface area (Å²) in [6.07, 6.45) is -1.19. The minimum Gasteiger partial charge on any atom is -0.460 e. The Labute approximate surface area is 194 Å². The van der Waals surface area contributed by atoms with Gasteiger partial charge in [0.2, 0.25) is 0 Å². The maximum Gasteiger partial charge on any atom is 0.302 e. The average molecular weight is 724 g/mol. The lowest BCUT2D eigenvalue weighted by atomic mass is 10.1. The fraction of sp³-hybridized carbons (Fsp3) is 0.357. The number of hydrogen-bond acceptors (Lipinski definition) is 6. The van der Waals surface area contributed by atoms with Gasteiger partial charge in [-0.25, -0.2) is 0 Å². The Morgan fingerprint density at radius 3 is 1.96 bits per heavy atom. The van der Waals surface area contributed by atoms with Gasteiger partial charge < -0.3 is 14.8 Å². The second-order valence-corrected chi connectivity index (χ2v) is 9.02. The summed E-state index contributed by atoms with van der Waals surface area (Å²) >= 11 is 17.2. The number of epoxide rings is 1. The van der Waals surface area contributed by atoms with Crippen LogP contribution in [0.1, 0.15) is 34.6 Å². The van der Waals surface area contributed by atoms with Gasteiger partial charge in [-0.1, -0.05) is 0 Å². The summed E-state index contributed by atoms with van der Waals surface area (Å²) in [4.78, 5) is 34.6. The normalized spacial score (nSPS) is 20.0. The molecule has 1 aliphatic heterocycles. The molecule has 11 heteroatoms. The summed E-state index contributed by atoms with van der Waals surface area (Å²) in [6.45, 7) is 3.04. The fourth-order valence-corrected chi connectivity index (χ4v) is 7.68. The first-order chi connectivity index (χ1) is 11.6.